The van der Waals surface area contributed by atoms with Crippen LogP contribution < -0.4 is 14.8 Å². The summed E-state index contributed by atoms with van der Waals surface area (Å²) in [6.07, 6.45) is 0.456. The predicted molar refractivity (Wildman–Crippen MR) is 64.6 cm³/mol. The Morgan fingerprint density at radius 1 is 1.53 bits per heavy atom. The van der Waals surface area contributed by atoms with Gasteiger partial charge in [0, 0.05) is 18.7 Å². The molecule has 1 rings (SSSR count). The third kappa shape index (κ3) is 3.41. The Bertz CT molecular complexity index is 514. The molecule has 0 aliphatic carbocycles. The van der Waals surface area contributed by atoms with Gasteiger partial charge in [0.15, 0.2) is 12.4 Å². The molecule has 0 radical (unpaired) electrons. The molecule has 0 unspecified atom stereocenters. The van der Waals surface area contributed by atoms with Gasteiger partial charge in [-0.3, -0.25) is 19.7 Å². The molecule has 0 aliphatic heterocycles. The molecule has 0 fully saturated rings. The molecule has 0 saturated heterocycles. The Hall–Kier alpha value is -2.64. The summed E-state index contributed by atoms with van der Waals surface area (Å²) in [5.74, 6) is -0.627. The minimum Gasteiger partial charge on any atom is -0.493 e. The van der Waals surface area contributed by atoms with Gasteiger partial charge < -0.3 is 14.8 Å². The summed E-state index contributed by atoms with van der Waals surface area (Å²) >= 11 is 0. The van der Waals surface area contributed by atoms with Gasteiger partial charge in [-0.05, 0) is 6.07 Å². The largest absolute Gasteiger partial charge is 0.493 e. The molecule has 0 saturated carbocycles. The van der Waals surface area contributed by atoms with Gasteiger partial charge in [-0.2, -0.15) is 0 Å². The molecular weight excluding hydrogens is 256 g/mol. The van der Waals surface area contributed by atoms with E-state index in [0.29, 0.717) is 6.29 Å². The highest BCUT2D eigenvalue weighted by molar-refractivity contribution is 5.80. The van der Waals surface area contributed by atoms with Gasteiger partial charge in [0.05, 0.1) is 12.0 Å². The zero-order valence-electron chi connectivity index (χ0n) is 10.3. The average molecular weight is 268 g/mol. The molecule has 0 aliphatic rings. The van der Waals surface area contributed by atoms with Crippen molar-refractivity contribution in [2.45, 2.75) is 0 Å². The van der Waals surface area contributed by atoms with E-state index in [0.717, 1.165) is 6.07 Å². The third-order valence-electron chi connectivity index (χ3n) is 2.24. The first-order valence-electron chi connectivity index (χ1n) is 5.18. The quantitative estimate of drug-likeness (QED) is 0.458. The van der Waals surface area contributed by atoms with E-state index in [4.69, 9.17) is 9.47 Å². The monoisotopic (exact) mass is 268 g/mol. The number of nitrogens with one attached hydrogen (secondary N) is 1. The predicted octanol–water partition coefficient (Wildman–Crippen LogP) is 0.541. The normalized spacial score (nSPS) is 9.58. The van der Waals surface area contributed by atoms with Crippen LogP contribution in [0.15, 0.2) is 12.1 Å². The van der Waals surface area contributed by atoms with E-state index in [1.807, 2.05) is 0 Å². The second kappa shape index (κ2) is 6.34. The van der Waals surface area contributed by atoms with Crippen molar-refractivity contribution in [3.63, 3.8) is 0 Å². The summed E-state index contributed by atoms with van der Waals surface area (Å²) in [6, 6.07) is 2.34. The zero-order chi connectivity index (χ0) is 14.4. The number of aldehydes is 1. The number of nitro benzene ring substituents is 1. The zero-order valence-corrected chi connectivity index (χ0v) is 10.3. The minimum absolute atomic E-state index is 0.0141. The van der Waals surface area contributed by atoms with Crippen molar-refractivity contribution < 1.29 is 24.0 Å². The van der Waals surface area contributed by atoms with Crippen LogP contribution in [0.3, 0.4) is 0 Å². The number of hydrogen-bond donors (Lipinski definition) is 1. The lowest BCUT2D eigenvalue weighted by Gasteiger charge is -2.10. The second-order valence-electron chi connectivity index (χ2n) is 3.41. The van der Waals surface area contributed by atoms with E-state index < -0.39 is 23.1 Å². The van der Waals surface area contributed by atoms with Crippen LogP contribution in [-0.2, 0) is 4.79 Å². The molecule has 1 aromatic rings. The van der Waals surface area contributed by atoms with Crippen LogP contribution in [0.2, 0.25) is 0 Å². The maximum atomic E-state index is 11.1. The van der Waals surface area contributed by atoms with Crippen molar-refractivity contribution in [3.8, 4) is 11.5 Å². The number of hydrogen-bond acceptors (Lipinski definition) is 6. The Morgan fingerprint density at radius 3 is 2.68 bits per heavy atom. The highest BCUT2D eigenvalue weighted by Crippen LogP contribution is 2.37. The van der Waals surface area contributed by atoms with Crippen LogP contribution in [0, 0.1) is 10.1 Å². The number of amides is 1. The number of likely N-dealkylation sites (N-methyl/N-ethyl adjacent to an activating group) is 1. The topological polar surface area (TPSA) is 108 Å². The van der Waals surface area contributed by atoms with Gasteiger partial charge in [-0.25, -0.2) is 0 Å². The fraction of sp³-hybridized carbons (Fsp3) is 0.273. The summed E-state index contributed by atoms with van der Waals surface area (Å²) in [5.41, 5.74) is -0.360. The van der Waals surface area contributed by atoms with Crippen molar-refractivity contribution in [1.82, 2.24) is 5.32 Å². The Morgan fingerprint density at radius 2 is 2.21 bits per heavy atom. The number of benzene rings is 1. The summed E-state index contributed by atoms with van der Waals surface area (Å²) < 4.78 is 10.0. The molecule has 1 amide bonds. The first-order valence-corrected chi connectivity index (χ1v) is 5.18. The number of rotatable bonds is 6. The van der Waals surface area contributed by atoms with E-state index in [1.54, 1.807) is 0 Å². The molecule has 0 atom stereocenters. The second-order valence-corrected chi connectivity index (χ2v) is 3.41. The minimum atomic E-state index is -0.714. The first-order chi connectivity index (χ1) is 9.03. The smallest absolute Gasteiger partial charge is 0.315 e. The fourth-order valence-electron chi connectivity index (χ4n) is 1.32. The van der Waals surface area contributed by atoms with Gasteiger partial charge in [-0.1, -0.05) is 0 Å². The fourth-order valence-corrected chi connectivity index (χ4v) is 1.32. The van der Waals surface area contributed by atoms with Crippen LogP contribution in [0.25, 0.3) is 0 Å². The van der Waals surface area contributed by atoms with Crippen LogP contribution in [0.5, 0.6) is 11.5 Å². The highest BCUT2D eigenvalue weighted by atomic mass is 16.6. The SMILES string of the molecule is CNC(=O)COc1c(OC)cc(C=O)cc1[N+](=O)[O-]. The van der Waals surface area contributed by atoms with Crippen molar-refractivity contribution in [1.29, 1.82) is 0 Å². The standard InChI is InChI=1S/C11H12N2O6/c1-12-10(15)6-19-11-8(13(16)17)3-7(5-14)4-9(11)18-2/h3-5H,6H2,1-2H3,(H,12,15). The van der Waals surface area contributed by atoms with Crippen molar-refractivity contribution >= 4 is 17.9 Å². The van der Waals surface area contributed by atoms with E-state index in [-0.39, 0.29) is 17.1 Å². The van der Waals surface area contributed by atoms with Crippen molar-refractivity contribution in [2.75, 3.05) is 20.8 Å². The number of carbonyl (C=O) groups excluding carboxylic acids is 2. The van der Waals surface area contributed by atoms with E-state index in [1.165, 1.54) is 20.2 Å². The average Bonchev–Trinajstić information content (AvgIpc) is 2.43. The van der Waals surface area contributed by atoms with Gasteiger partial charge >= 0.3 is 5.69 Å². The van der Waals surface area contributed by atoms with Gasteiger partial charge in [0.25, 0.3) is 5.91 Å². The summed E-state index contributed by atoms with van der Waals surface area (Å²) in [5, 5.41) is 13.2. The molecule has 8 heteroatoms. The van der Waals surface area contributed by atoms with Crippen LogP contribution in [0.4, 0.5) is 5.69 Å². The van der Waals surface area contributed by atoms with Crippen LogP contribution in [-0.4, -0.2) is 37.9 Å². The van der Waals surface area contributed by atoms with Crippen molar-refractivity contribution in [3.05, 3.63) is 27.8 Å². The van der Waals surface area contributed by atoms with E-state index >= 15 is 0 Å². The molecule has 0 spiro atoms. The van der Waals surface area contributed by atoms with Crippen LogP contribution in [0.1, 0.15) is 10.4 Å². The van der Waals surface area contributed by atoms with Crippen molar-refractivity contribution in [2.24, 2.45) is 0 Å². The lowest BCUT2D eigenvalue weighted by molar-refractivity contribution is -0.385. The molecule has 0 heterocycles. The molecular formula is C11H12N2O6. The maximum absolute atomic E-state index is 11.1. The number of nitro groups is 1. The Kier molecular flexibility index (Phi) is 4.81. The first kappa shape index (κ1) is 14.4. The van der Waals surface area contributed by atoms with E-state index in [9.17, 15) is 19.7 Å². The summed E-state index contributed by atoms with van der Waals surface area (Å²) in [4.78, 5) is 32.0. The van der Waals surface area contributed by atoms with Gasteiger partial charge in [0.2, 0.25) is 5.75 Å². The molecule has 1 aromatic carbocycles. The Labute approximate surface area is 108 Å². The number of carbonyl (C=O) groups is 2. The van der Waals surface area contributed by atoms with Crippen LogP contribution >= 0.6 is 0 Å². The van der Waals surface area contributed by atoms with Gasteiger partial charge in [0.1, 0.15) is 6.29 Å². The number of methoxy groups -OCH3 is 1. The molecule has 8 nitrogen and oxygen atoms in total. The molecule has 0 aromatic heterocycles. The number of nitrogens with zero attached hydrogens (tertiary/aromatic N) is 1. The molecule has 102 valence electrons. The highest BCUT2D eigenvalue weighted by Gasteiger charge is 2.22. The summed E-state index contributed by atoms with van der Waals surface area (Å²) in [6.45, 7) is -0.395. The lowest BCUT2D eigenvalue weighted by atomic mass is 10.2. The lowest BCUT2D eigenvalue weighted by Crippen LogP contribution is -2.25. The number of ether oxygens (including phenoxy) is 2. The molecule has 1 N–H and O–H groups in total. The van der Waals surface area contributed by atoms with E-state index in [2.05, 4.69) is 5.32 Å². The third-order valence-corrected chi connectivity index (χ3v) is 2.24. The molecule has 0 bridgehead atoms. The Balaban J connectivity index is 3.21. The molecule has 19 heavy (non-hydrogen) atoms. The summed E-state index contributed by atoms with van der Waals surface area (Å²) in [7, 11) is 2.69. The van der Waals surface area contributed by atoms with Gasteiger partial charge in [-0.15, -0.1) is 0 Å². The maximum Gasteiger partial charge on any atom is 0.315 e.